The number of aliphatic imine (C=N–C) groups is 1. The Morgan fingerprint density at radius 1 is 1.17 bits per heavy atom. The largest absolute Gasteiger partial charge is 0.361 e. The Morgan fingerprint density at radius 3 is 2.96 bits per heavy atom. The van der Waals surface area contributed by atoms with E-state index in [0.717, 1.165) is 24.2 Å². The number of aromatic nitrogens is 2. The molecule has 1 unspecified atom stereocenters. The highest BCUT2D eigenvalue weighted by molar-refractivity contribution is 6.15. The van der Waals surface area contributed by atoms with Crippen molar-refractivity contribution in [3.63, 3.8) is 0 Å². The first-order chi connectivity index (χ1) is 11.3. The summed E-state index contributed by atoms with van der Waals surface area (Å²) in [7, 11) is 0. The zero-order chi connectivity index (χ0) is 15.6. The third-order valence-electron chi connectivity index (χ3n) is 4.32. The van der Waals surface area contributed by atoms with Crippen LogP contribution in [0.1, 0.15) is 24.5 Å². The van der Waals surface area contributed by atoms with Gasteiger partial charge in [-0.15, -0.1) is 0 Å². The van der Waals surface area contributed by atoms with Gasteiger partial charge in [0.2, 0.25) is 0 Å². The van der Waals surface area contributed by atoms with Gasteiger partial charge in [0.15, 0.2) is 0 Å². The molecule has 4 rings (SSSR count). The van der Waals surface area contributed by atoms with Crippen LogP contribution in [0.4, 0.5) is 0 Å². The van der Waals surface area contributed by atoms with Crippen molar-refractivity contribution >= 4 is 22.7 Å². The second-order valence-electron chi connectivity index (χ2n) is 6.20. The number of benzene rings is 1. The van der Waals surface area contributed by atoms with E-state index in [4.69, 9.17) is 4.99 Å². The van der Waals surface area contributed by atoms with E-state index in [9.17, 15) is 0 Å². The van der Waals surface area contributed by atoms with Crippen LogP contribution in [0.25, 0.3) is 17.0 Å². The number of nitrogens with one attached hydrogen (secondary N) is 1. The van der Waals surface area contributed by atoms with E-state index < -0.39 is 0 Å². The van der Waals surface area contributed by atoms with Gasteiger partial charge in [-0.05, 0) is 42.2 Å². The van der Waals surface area contributed by atoms with Crippen molar-refractivity contribution in [2.45, 2.75) is 13.3 Å². The Labute approximate surface area is 135 Å². The maximum absolute atomic E-state index is 4.82. The lowest BCUT2D eigenvalue weighted by Gasteiger charge is -2.21. The normalized spacial score (nSPS) is 20.0. The number of H-pyrrole nitrogens is 1. The molecule has 114 valence electrons. The molecule has 0 saturated carbocycles. The van der Waals surface area contributed by atoms with Gasteiger partial charge in [-0.2, -0.15) is 0 Å². The summed E-state index contributed by atoms with van der Waals surface area (Å²) in [6.45, 7) is 3.14. The third kappa shape index (κ3) is 2.70. The highest BCUT2D eigenvalue weighted by Gasteiger charge is 2.19. The van der Waals surface area contributed by atoms with Crippen molar-refractivity contribution in [2.75, 3.05) is 6.54 Å². The lowest BCUT2D eigenvalue weighted by atomic mass is 9.90. The molecule has 1 aromatic carbocycles. The molecule has 0 radical (unpaired) electrons. The predicted octanol–water partition coefficient (Wildman–Crippen LogP) is 4.48. The van der Waals surface area contributed by atoms with E-state index >= 15 is 0 Å². The minimum Gasteiger partial charge on any atom is -0.361 e. The van der Waals surface area contributed by atoms with Gasteiger partial charge in [0, 0.05) is 47.2 Å². The topological polar surface area (TPSA) is 41.0 Å². The molecule has 3 heteroatoms. The van der Waals surface area contributed by atoms with Crippen molar-refractivity contribution in [3.8, 4) is 0 Å². The van der Waals surface area contributed by atoms with Gasteiger partial charge in [0.25, 0.3) is 0 Å². The molecule has 0 aliphatic carbocycles. The number of allylic oxidation sites excluding steroid dienone is 1. The molecule has 0 spiro atoms. The molecule has 23 heavy (non-hydrogen) atoms. The van der Waals surface area contributed by atoms with Crippen LogP contribution in [-0.4, -0.2) is 22.2 Å². The standard InChI is InChI=1S/C20H19N3/c1-14-9-16(20(23-11-14)15-5-4-8-21-12-15)10-17-13-22-19-7-3-2-6-18(17)19/h2-8,10,12-14,22H,9,11H2,1H3. The zero-order valence-corrected chi connectivity index (χ0v) is 13.2. The fourth-order valence-electron chi connectivity index (χ4n) is 3.19. The van der Waals surface area contributed by atoms with Crippen molar-refractivity contribution in [1.29, 1.82) is 0 Å². The number of rotatable bonds is 2. The van der Waals surface area contributed by atoms with Gasteiger partial charge in [0.1, 0.15) is 0 Å². The molecule has 1 atom stereocenters. The fourth-order valence-corrected chi connectivity index (χ4v) is 3.19. The Kier molecular flexibility index (Phi) is 3.54. The summed E-state index contributed by atoms with van der Waals surface area (Å²) in [6.07, 6.45) is 9.11. The number of para-hydroxylation sites is 1. The molecule has 0 bridgehead atoms. The average molecular weight is 301 g/mol. The van der Waals surface area contributed by atoms with Crippen LogP contribution in [-0.2, 0) is 0 Å². The lowest BCUT2D eigenvalue weighted by Crippen LogP contribution is -2.17. The Bertz CT molecular complexity index is 887. The average Bonchev–Trinajstić information content (AvgIpc) is 2.99. The van der Waals surface area contributed by atoms with Crippen molar-refractivity contribution in [1.82, 2.24) is 9.97 Å². The molecule has 0 saturated heterocycles. The van der Waals surface area contributed by atoms with E-state index in [1.54, 1.807) is 6.20 Å². The van der Waals surface area contributed by atoms with Gasteiger partial charge in [-0.3, -0.25) is 9.98 Å². The summed E-state index contributed by atoms with van der Waals surface area (Å²) in [4.78, 5) is 12.4. The summed E-state index contributed by atoms with van der Waals surface area (Å²) in [6, 6.07) is 12.5. The smallest absolute Gasteiger partial charge is 0.0694 e. The van der Waals surface area contributed by atoms with Crippen molar-refractivity contribution in [3.05, 3.63) is 71.7 Å². The number of hydrogen-bond acceptors (Lipinski definition) is 2. The van der Waals surface area contributed by atoms with Crippen LogP contribution in [0.2, 0.25) is 0 Å². The number of pyridine rings is 1. The van der Waals surface area contributed by atoms with E-state index in [1.165, 1.54) is 22.0 Å². The number of fused-ring (bicyclic) bond motifs is 1. The second-order valence-corrected chi connectivity index (χ2v) is 6.20. The summed E-state index contributed by atoms with van der Waals surface area (Å²) >= 11 is 0. The van der Waals surface area contributed by atoms with Gasteiger partial charge in [-0.1, -0.05) is 25.1 Å². The molecule has 0 amide bonds. The Balaban J connectivity index is 1.81. The molecule has 3 heterocycles. The third-order valence-corrected chi connectivity index (χ3v) is 4.32. The quantitative estimate of drug-likeness (QED) is 0.745. The number of nitrogens with zero attached hydrogens (tertiary/aromatic N) is 2. The van der Waals surface area contributed by atoms with Crippen LogP contribution < -0.4 is 0 Å². The summed E-state index contributed by atoms with van der Waals surface area (Å²) < 4.78 is 0. The van der Waals surface area contributed by atoms with Crippen LogP contribution in [0.3, 0.4) is 0 Å². The van der Waals surface area contributed by atoms with Gasteiger partial charge in [-0.25, -0.2) is 0 Å². The first kappa shape index (κ1) is 13.9. The molecule has 1 aliphatic rings. The Morgan fingerprint density at radius 2 is 2.09 bits per heavy atom. The molecular weight excluding hydrogens is 282 g/mol. The first-order valence-corrected chi connectivity index (χ1v) is 8.03. The minimum absolute atomic E-state index is 0.576. The van der Waals surface area contributed by atoms with E-state index in [2.05, 4.69) is 59.5 Å². The number of hydrogen-bond donors (Lipinski definition) is 1. The van der Waals surface area contributed by atoms with Crippen LogP contribution in [0.15, 0.2) is 65.6 Å². The fraction of sp³-hybridized carbons (Fsp3) is 0.200. The predicted molar refractivity (Wildman–Crippen MR) is 95.7 cm³/mol. The maximum Gasteiger partial charge on any atom is 0.0694 e. The van der Waals surface area contributed by atoms with Gasteiger partial charge in [0.05, 0.1) is 5.71 Å². The second kappa shape index (κ2) is 5.84. The molecule has 1 aliphatic heterocycles. The number of aromatic amines is 1. The lowest BCUT2D eigenvalue weighted by molar-refractivity contribution is 0.587. The molecule has 3 nitrogen and oxygen atoms in total. The maximum atomic E-state index is 4.82. The SMILES string of the molecule is CC1CN=C(c2cccnc2)C(=Cc2c[nH]c3ccccc23)C1. The molecule has 3 aromatic rings. The summed E-state index contributed by atoms with van der Waals surface area (Å²) in [5, 5.41) is 1.25. The monoisotopic (exact) mass is 301 g/mol. The highest BCUT2D eigenvalue weighted by Crippen LogP contribution is 2.27. The van der Waals surface area contributed by atoms with E-state index in [1.807, 2.05) is 12.3 Å². The van der Waals surface area contributed by atoms with E-state index in [0.29, 0.717) is 5.92 Å². The van der Waals surface area contributed by atoms with E-state index in [-0.39, 0.29) is 0 Å². The minimum atomic E-state index is 0.576. The summed E-state index contributed by atoms with van der Waals surface area (Å²) in [5.41, 5.74) is 5.87. The molecular formula is C20H19N3. The highest BCUT2D eigenvalue weighted by atomic mass is 14.8. The molecule has 0 fully saturated rings. The van der Waals surface area contributed by atoms with Gasteiger partial charge >= 0.3 is 0 Å². The van der Waals surface area contributed by atoms with Crippen molar-refractivity contribution in [2.24, 2.45) is 10.9 Å². The van der Waals surface area contributed by atoms with Crippen LogP contribution >= 0.6 is 0 Å². The summed E-state index contributed by atoms with van der Waals surface area (Å²) in [5.74, 6) is 0.576. The Hall–Kier alpha value is -2.68. The zero-order valence-electron chi connectivity index (χ0n) is 13.2. The van der Waals surface area contributed by atoms with Gasteiger partial charge < -0.3 is 4.98 Å². The van der Waals surface area contributed by atoms with Crippen LogP contribution in [0.5, 0.6) is 0 Å². The first-order valence-electron chi connectivity index (χ1n) is 8.03. The molecule has 2 aromatic heterocycles. The van der Waals surface area contributed by atoms with Crippen LogP contribution in [0, 0.1) is 5.92 Å². The van der Waals surface area contributed by atoms with Crippen molar-refractivity contribution < 1.29 is 0 Å². The molecule has 1 N–H and O–H groups in total.